The van der Waals surface area contributed by atoms with Crippen molar-refractivity contribution in [2.45, 2.75) is 58.4 Å². The van der Waals surface area contributed by atoms with Crippen LogP contribution in [0.4, 0.5) is 0 Å². The normalized spacial score (nSPS) is 22.6. The molecular weight excluding hydrogens is 184 g/mol. The first-order chi connectivity index (χ1) is 7.20. The summed E-state index contributed by atoms with van der Waals surface area (Å²) in [6, 6.07) is 0. The van der Waals surface area contributed by atoms with Gasteiger partial charge in [0.25, 0.3) is 0 Å². The quantitative estimate of drug-likeness (QED) is 0.707. The van der Waals surface area contributed by atoms with E-state index in [4.69, 9.17) is 0 Å². The van der Waals surface area contributed by atoms with Gasteiger partial charge in [-0.2, -0.15) is 0 Å². The Bertz CT molecular complexity index is 164. The van der Waals surface area contributed by atoms with Crippen LogP contribution < -0.4 is 10.6 Å². The Morgan fingerprint density at radius 2 is 1.93 bits per heavy atom. The van der Waals surface area contributed by atoms with Gasteiger partial charge in [0.2, 0.25) is 0 Å². The van der Waals surface area contributed by atoms with Crippen LogP contribution in [-0.2, 0) is 0 Å². The Hall–Kier alpha value is -0.0800. The molecule has 2 heteroatoms. The molecule has 0 saturated carbocycles. The number of hydrogen-bond donors (Lipinski definition) is 2. The SMILES string of the molecule is CCCC(C)(CC)NCC1CCNCC1. The number of hydrogen-bond acceptors (Lipinski definition) is 2. The summed E-state index contributed by atoms with van der Waals surface area (Å²) >= 11 is 0. The highest BCUT2D eigenvalue weighted by Crippen LogP contribution is 2.18. The lowest BCUT2D eigenvalue weighted by Gasteiger charge is -2.33. The first-order valence-corrected chi connectivity index (χ1v) is 6.66. The van der Waals surface area contributed by atoms with Crippen LogP contribution in [0.25, 0.3) is 0 Å². The molecule has 0 aliphatic carbocycles. The topological polar surface area (TPSA) is 24.1 Å². The monoisotopic (exact) mass is 212 g/mol. The average molecular weight is 212 g/mol. The van der Waals surface area contributed by atoms with Gasteiger partial charge in [-0.1, -0.05) is 20.3 Å². The molecule has 0 aromatic heterocycles. The van der Waals surface area contributed by atoms with Crippen molar-refractivity contribution in [3.63, 3.8) is 0 Å². The van der Waals surface area contributed by atoms with Crippen LogP contribution in [0.1, 0.15) is 52.9 Å². The smallest absolute Gasteiger partial charge is 0.0150 e. The molecule has 1 unspecified atom stereocenters. The lowest BCUT2D eigenvalue weighted by atomic mass is 9.91. The second-order valence-corrected chi connectivity index (χ2v) is 5.24. The van der Waals surface area contributed by atoms with Crippen molar-refractivity contribution >= 4 is 0 Å². The summed E-state index contributed by atoms with van der Waals surface area (Å²) in [7, 11) is 0. The molecule has 1 fully saturated rings. The van der Waals surface area contributed by atoms with E-state index in [-0.39, 0.29) is 0 Å². The Morgan fingerprint density at radius 3 is 2.47 bits per heavy atom. The molecule has 90 valence electrons. The van der Waals surface area contributed by atoms with E-state index in [1.54, 1.807) is 0 Å². The lowest BCUT2D eigenvalue weighted by molar-refractivity contribution is 0.267. The maximum Gasteiger partial charge on any atom is 0.0150 e. The molecule has 1 rings (SSSR count). The summed E-state index contributed by atoms with van der Waals surface area (Å²) in [5.41, 5.74) is 0.375. The fourth-order valence-corrected chi connectivity index (χ4v) is 2.42. The zero-order valence-electron chi connectivity index (χ0n) is 10.7. The highest BCUT2D eigenvalue weighted by Gasteiger charge is 2.22. The third-order valence-corrected chi connectivity index (χ3v) is 3.86. The molecule has 0 radical (unpaired) electrons. The summed E-state index contributed by atoms with van der Waals surface area (Å²) in [5.74, 6) is 0.897. The first-order valence-electron chi connectivity index (χ1n) is 6.66. The van der Waals surface area contributed by atoms with Crippen molar-refractivity contribution < 1.29 is 0 Å². The van der Waals surface area contributed by atoms with Gasteiger partial charge in [0.15, 0.2) is 0 Å². The molecule has 15 heavy (non-hydrogen) atoms. The minimum Gasteiger partial charge on any atom is -0.317 e. The number of nitrogens with one attached hydrogen (secondary N) is 2. The highest BCUT2D eigenvalue weighted by atomic mass is 15.0. The molecule has 1 heterocycles. The first kappa shape index (κ1) is 13.0. The zero-order chi connectivity index (χ0) is 11.1. The van der Waals surface area contributed by atoms with Crippen LogP contribution in [-0.4, -0.2) is 25.2 Å². The minimum atomic E-state index is 0.375. The maximum absolute atomic E-state index is 3.79. The van der Waals surface area contributed by atoms with Gasteiger partial charge in [-0.25, -0.2) is 0 Å². The average Bonchev–Trinajstić information content (AvgIpc) is 2.28. The Morgan fingerprint density at radius 1 is 1.27 bits per heavy atom. The predicted molar refractivity (Wildman–Crippen MR) is 67.2 cm³/mol. The van der Waals surface area contributed by atoms with Crippen LogP contribution >= 0.6 is 0 Å². The lowest BCUT2D eigenvalue weighted by Crippen LogP contribution is -2.45. The molecule has 2 nitrogen and oxygen atoms in total. The minimum absolute atomic E-state index is 0.375. The number of piperidine rings is 1. The number of rotatable bonds is 6. The Kier molecular flexibility index (Phi) is 5.62. The van der Waals surface area contributed by atoms with E-state index < -0.39 is 0 Å². The van der Waals surface area contributed by atoms with Crippen LogP contribution in [0.2, 0.25) is 0 Å². The molecule has 0 aromatic carbocycles. The van der Waals surface area contributed by atoms with Crippen molar-refractivity contribution in [1.82, 2.24) is 10.6 Å². The second kappa shape index (κ2) is 6.49. The maximum atomic E-state index is 3.79. The van der Waals surface area contributed by atoms with Gasteiger partial charge in [-0.15, -0.1) is 0 Å². The van der Waals surface area contributed by atoms with E-state index in [1.807, 2.05) is 0 Å². The molecule has 1 atom stereocenters. The third-order valence-electron chi connectivity index (χ3n) is 3.86. The van der Waals surface area contributed by atoms with Gasteiger partial charge >= 0.3 is 0 Å². The molecule has 0 spiro atoms. The van der Waals surface area contributed by atoms with Crippen molar-refractivity contribution in [1.29, 1.82) is 0 Å². The molecule has 0 aromatic rings. The van der Waals surface area contributed by atoms with Gasteiger partial charge in [0.05, 0.1) is 0 Å². The van der Waals surface area contributed by atoms with E-state index >= 15 is 0 Å². The standard InChI is InChI=1S/C13H28N2/c1-4-8-13(3,5-2)15-11-12-6-9-14-10-7-12/h12,14-15H,4-11H2,1-3H3. The van der Waals surface area contributed by atoms with E-state index in [1.165, 1.54) is 51.7 Å². The predicted octanol–water partition coefficient (Wildman–Crippen LogP) is 2.54. The van der Waals surface area contributed by atoms with Crippen LogP contribution in [0.5, 0.6) is 0 Å². The molecule has 1 saturated heterocycles. The van der Waals surface area contributed by atoms with Gasteiger partial charge in [-0.3, -0.25) is 0 Å². The third kappa shape index (κ3) is 4.52. The van der Waals surface area contributed by atoms with Crippen LogP contribution in [0.3, 0.4) is 0 Å². The highest BCUT2D eigenvalue weighted by molar-refractivity contribution is 4.83. The Balaban J connectivity index is 2.25. The zero-order valence-corrected chi connectivity index (χ0v) is 10.7. The molecule has 1 aliphatic heterocycles. The van der Waals surface area contributed by atoms with Gasteiger partial charge in [0, 0.05) is 5.54 Å². The Labute approximate surface area is 95.2 Å². The molecule has 0 bridgehead atoms. The van der Waals surface area contributed by atoms with E-state index in [0.717, 1.165) is 5.92 Å². The molecular formula is C13H28N2. The summed E-state index contributed by atoms with van der Waals surface area (Å²) in [6.07, 6.45) is 6.52. The summed E-state index contributed by atoms with van der Waals surface area (Å²) in [6.45, 7) is 10.6. The van der Waals surface area contributed by atoms with Crippen LogP contribution in [0, 0.1) is 5.92 Å². The second-order valence-electron chi connectivity index (χ2n) is 5.24. The van der Waals surface area contributed by atoms with Crippen molar-refractivity contribution in [3.05, 3.63) is 0 Å². The molecule has 2 N–H and O–H groups in total. The summed E-state index contributed by atoms with van der Waals surface area (Å²) < 4.78 is 0. The fourth-order valence-electron chi connectivity index (χ4n) is 2.42. The van der Waals surface area contributed by atoms with Crippen molar-refractivity contribution in [3.8, 4) is 0 Å². The molecule has 0 amide bonds. The summed E-state index contributed by atoms with van der Waals surface area (Å²) in [5, 5.41) is 7.21. The fraction of sp³-hybridized carbons (Fsp3) is 1.00. The van der Waals surface area contributed by atoms with Crippen LogP contribution in [0.15, 0.2) is 0 Å². The van der Waals surface area contributed by atoms with E-state index in [2.05, 4.69) is 31.4 Å². The van der Waals surface area contributed by atoms with E-state index in [0.29, 0.717) is 5.54 Å². The van der Waals surface area contributed by atoms with Crippen molar-refractivity contribution in [2.75, 3.05) is 19.6 Å². The summed E-state index contributed by atoms with van der Waals surface area (Å²) in [4.78, 5) is 0. The van der Waals surface area contributed by atoms with Gasteiger partial charge in [0.1, 0.15) is 0 Å². The largest absolute Gasteiger partial charge is 0.317 e. The van der Waals surface area contributed by atoms with Gasteiger partial charge < -0.3 is 10.6 Å². The van der Waals surface area contributed by atoms with Gasteiger partial charge in [-0.05, 0) is 58.2 Å². The molecule has 1 aliphatic rings. The van der Waals surface area contributed by atoms with E-state index in [9.17, 15) is 0 Å². The van der Waals surface area contributed by atoms with Crippen molar-refractivity contribution in [2.24, 2.45) is 5.92 Å².